The molecular weight excluding hydrogens is 242 g/mol. The van der Waals surface area contributed by atoms with Gasteiger partial charge in [-0.25, -0.2) is 0 Å². The van der Waals surface area contributed by atoms with E-state index >= 15 is 0 Å². The Morgan fingerprint density at radius 3 is 2.74 bits per heavy atom. The van der Waals surface area contributed by atoms with Crippen molar-refractivity contribution in [2.45, 2.75) is 32.7 Å². The van der Waals surface area contributed by atoms with Crippen molar-refractivity contribution in [1.82, 2.24) is 10.6 Å². The first-order chi connectivity index (χ1) is 8.95. The van der Waals surface area contributed by atoms with Gasteiger partial charge in [-0.3, -0.25) is 4.79 Å². The Bertz CT molecular complexity index is 527. The number of primary amides is 1. The van der Waals surface area contributed by atoms with Crippen LogP contribution in [0.4, 0.5) is 0 Å². The van der Waals surface area contributed by atoms with E-state index in [0.29, 0.717) is 11.4 Å². The lowest BCUT2D eigenvalue weighted by Gasteiger charge is -2.27. The SMILES string of the molecule is CCC1(C)C=C(C(N)=O)N(Oc2ccccc2C)N1. The lowest BCUT2D eigenvalue weighted by Crippen LogP contribution is -2.47. The molecule has 1 aromatic carbocycles. The molecule has 2 rings (SSSR count). The molecule has 5 heteroatoms. The predicted octanol–water partition coefficient (Wildman–Crippen LogP) is 1.65. The number of nitrogens with two attached hydrogens (primary N) is 1. The third-order valence-electron chi connectivity index (χ3n) is 3.30. The molecule has 1 heterocycles. The van der Waals surface area contributed by atoms with Gasteiger partial charge < -0.3 is 10.6 Å². The number of nitrogens with zero attached hydrogens (tertiary/aromatic N) is 1. The van der Waals surface area contributed by atoms with E-state index in [4.69, 9.17) is 10.6 Å². The maximum Gasteiger partial charge on any atom is 0.269 e. The average Bonchev–Trinajstić information content (AvgIpc) is 2.71. The predicted molar refractivity (Wildman–Crippen MR) is 72.8 cm³/mol. The Hall–Kier alpha value is -2.01. The number of hydrogen-bond acceptors (Lipinski definition) is 4. The van der Waals surface area contributed by atoms with Gasteiger partial charge in [-0.2, -0.15) is 5.43 Å². The second-order valence-corrected chi connectivity index (χ2v) is 4.93. The molecule has 1 atom stereocenters. The van der Waals surface area contributed by atoms with Crippen molar-refractivity contribution in [3.8, 4) is 5.75 Å². The normalized spacial score (nSPS) is 22.3. The van der Waals surface area contributed by atoms with E-state index in [1.165, 1.54) is 5.17 Å². The van der Waals surface area contributed by atoms with Crippen LogP contribution in [0.15, 0.2) is 36.0 Å². The van der Waals surface area contributed by atoms with Crippen molar-refractivity contribution in [2.24, 2.45) is 5.73 Å². The van der Waals surface area contributed by atoms with Crippen molar-refractivity contribution in [3.05, 3.63) is 41.6 Å². The lowest BCUT2D eigenvalue weighted by atomic mass is 10.0. The van der Waals surface area contributed by atoms with Crippen molar-refractivity contribution >= 4 is 5.91 Å². The standard InChI is InChI=1S/C14H19N3O2/c1-4-14(3)9-11(13(15)18)17(16-14)19-12-8-6-5-7-10(12)2/h5-9,16H,4H2,1-3H3,(H2,15,18). The third-order valence-corrected chi connectivity index (χ3v) is 3.30. The number of para-hydroxylation sites is 1. The van der Waals surface area contributed by atoms with Gasteiger partial charge in [0.1, 0.15) is 0 Å². The van der Waals surface area contributed by atoms with Crippen LogP contribution in [0.1, 0.15) is 25.8 Å². The first-order valence-electron chi connectivity index (χ1n) is 6.29. The van der Waals surface area contributed by atoms with Crippen LogP contribution in [0.5, 0.6) is 5.75 Å². The molecule has 1 aromatic rings. The van der Waals surface area contributed by atoms with E-state index in [1.807, 2.05) is 45.0 Å². The fourth-order valence-electron chi connectivity index (χ4n) is 1.87. The van der Waals surface area contributed by atoms with E-state index in [-0.39, 0.29) is 5.54 Å². The van der Waals surface area contributed by atoms with E-state index in [1.54, 1.807) is 6.08 Å². The largest absolute Gasteiger partial charge is 0.364 e. The van der Waals surface area contributed by atoms with Crippen LogP contribution in [0.25, 0.3) is 0 Å². The molecule has 0 bridgehead atoms. The molecule has 1 amide bonds. The van der Waals surface area contributed by atoms with Crippen molar-refractivity contribution in [2.75, 3.05) is 0 Å². The first kappa shape index (κ1) is 13.4. The third kappa shape index (κ3) is 2.71. The van der Waals surface area contributed by atoms with Crippen molar-refractivity contribution in [1.29, 1.82) is 0 Å². The number of nitrogens with one attached hydrogen (secondary N) is 1. The van der Waals surface area contributed by atoms with Gasteiger partial charge in [0.15, 0.2) is 11.4 Å². The average molecular weight is 261 g/mol. The summed E-state index contributed by atoms with van der Waals surface area (Å²) in [4.78, 5) is 17.2. The Balaban J connectivity index is 2.24. The van der Waals surface area contributed by atoms with Gasteiger partial charge >= 0.3 is 0 Å². The fourth-order valence-corrected chi connectivity index (χ4v) is 1.87. The number of amides is 1. The Labute approximate surface area is 113 Å². The van der Waals surface area contributed by atoms with E-state index in [0.717, 1.165) is 12.0 Å². The number of benzene rings is 1. The number of carbonyl (C=O) groups excluding carboxylic acids is 1. The van der Waals surface area contributed by atoms with Crippen LogP contribution >= 0.6 is 0 Å². The van der Waals surface area contributed by atoms with E-state index in [2.05, 4.69) is 5.43 Å². The summed E-state index contributed by atoms with van der Waals surface area (Å²) in [5.41, 5.74) is 9.51. The minimum atomic E-state index is -0.516. The van der Waals surface area contributed by atoms with E-state index < -0.39 is 5.91 Å². The molecule has 0 aromatic heterocycles. The summed E-state index contributed by atoms with van der Waals surface area (Å²) in [7, 11) is 0. The molecule has 0 spiro atoms. The highest BCUT2D eigenvalue weighted by Crippen LogP contribution is 2.26. The summed E-state index contributed by atoms with van der Waals surface area (Å²) < 4.78 is 0. The van der Waals surface area contributed by atoms with Crippen LogP contribution in [-0.2, 0) is 4.79 Å². The Kier molecular flexibility index (Phi) is 3.48. The molecule has 0 saturated heterocycles. The molecule has 1 aliphatic rings. The van der Waals surface area contributed by atoms with Crippen LogP contribution in [0.2, 0.25) is 0 Å². The zero-order chi connectivity index (χ0) is 14.0. The molecule has 3 N–H and O–H groups in total. The topological polar surface area (TPSA) is 67.6 Å². The van der Waals surface area contributed by atoms with Gasteiger partial charge in [0, 0.05) is 0 Å². The Morgan fingerprint density at radius 2 is 2.16 bits per heavy atom. The van der Waals surface area contributed by atoms with Crippen molar-refractivity contribution < 1.29 is 9.63 Å². The molecular formula is C14H19N3O2. The zero-order valence-corrected chi connectivity index (χ0v) is 11.4. The maximum atomic E-state index is 11.5. The summed E-state index contributed by atoms with van der Waals surface area (Å²) in [5.74, 6) is 0.167. The van der Waals surface area contributed by atoms with Gasteiger partial charge in [-0.05, 0) is 38.0 Å². The first-order valence-corrected chi connectivity index (χ1v) is 6.29. The number of carbonyl (C=O) groups is 1. The summed E-state index contributed by atoms with van der Waals surface area (Å²) in [5, 5.41) is 1.36. The number of hydroxylamine groups is 1. The second kappa shape index (κ2) is 4.93. The van der Waals surface area contributed by atoms with Gasteiger partial charge in [0.25, 0.3) is 5.91 Å². The van der Waals surface area contributed by atoms with Crippen LogP contribution in [0.3, 0.4) is 0 Å². The number of aryl methyl sites for hydroxylation is 1. The highest BCUT2D eigenvalue weighted by atomic mass is 16.7. The fraction of sp³-hybridized carbons (Fsp3) is 0.357. The molecule has 102 valence electrons. The van der Waals surface area contributed by atoms with Crippen LogP contribution in [0, 0.1) is 6.92 Å². The minimum Gasteiger partial charge on any atom is -0.364 e. The maximum absolute atomic E-state index is 11.5. The monoisotopic (exact) mass is 261 g/mol. The molecule has 5 nitrogen and oxygen atoms in total. The molecule has 0 aliphatic carbocycles. The van der Waals surface area contributed by atoms with Gasteiger partial charge in [-0.15, -0.1) is 5.17 Å². The highest BCUT2D eigenvalue weighted by Gasteiger charge is 2.35. The molecule has 1 unspecified atom stereocenters. The summed E-state index contributed by atoms with van der Waals surface area (Å²) in [6, 6.07) is 7.60. The van der Waals surface area contributed by atoms with Gasteiger partial charge in [-0.1, -0.05) is 25.1 Å². The van der Waals surface area contributed by atoms with Crippen molar-refractivity contribution in [3.63, 3.8) is 0 Å². The summed E-state index contributed by atoms with van der Waals surface area (Å²) in [6.07, 6.45) is 2.62. The number of rotatable bonds is 4. The summed E-state index contributed by atoms with van der Waals surface area (Å²) in [6.45, 7) is 5.95. The minimum absolute atomic E-state index is 0.326. The summed E-state index contributed by atoms with van der Waals surface area (Å²) >= 11 is 0. The molecule has 19 heavy (non-hydrogen) atoms. The zero-order valence-electron chi connectivity index (χ0n) is 11.4. The second-order valence-electron chi connectivity index (χ2n) is 4.93. The quantitative estimate of drug-likeness (QED) is 0.864. The van der Waals surface area contributed by atoms with Crippen LogP contribution < -0.4 is 16.0 Å². The molecule has 1 aliphatic heterocycles. The molecule has 0 radical (unpaired) electrons. The molecule has 0 fully saturated rings. The molecule has 0 saturated carbocycles. The Morgan fingerprint density at radius 1 is 1.47 bits per heavy atom. The van der Waals surface area contributed by atoms with Gasteiger partial charge in [0.05, 0.1) is 5.54 Å². The lowest BCUT2D eigenvalue weighted by molar-refractivity contribution is -0.125. The smallest absolute Gasteiger partial charge is 0.269 e. The number of hydrazine groups is 1. The highest BCUT2D eigenvalue weighted by molar-refractivity contribution is 5.91. The van der Waals surface area contributed by atoms with E-state index in [9.17, 15) is 4.79 Å². The van der Waals surface area contributed by atoms with Gasteiger partial charge in [0.2, 0.25) is 0 Å². The van der Waals surface area contributed by atoms with Crippen LogP contribution in [-0.4, -0.2) is 16.6 Å². The number of hydrogen-bond donors (Lipinski definition) is 2.